The minimum Gasteiger partial charge on any atom is -0.361 e. The molecule has 2 aliphatic rings. The van der Waals surface area contributed by atoms with Crippen LogP contribution in [0.4, 0.5) is 0 Å². The number of carbonyl (C=O) groups is 2. The number of benzene rings is 1. The average molecular weight is 230 g/mol. The van der Waals surface area contributed by atoms with Crippen molar-refractivity contribution in [1.29, 1.82) is 0 Å². The van der Waals surface area contributed by atoms with E-state index >= 15 is 0 Å². The molecule has 3 heteroatoms. The van der Waals surface area contributed by atoms with Crippen molar-refractivity contribution in [2.45, 2.75) is 32.0 Å². The molecule has 2 bridgehead atoms. The molecule has 2 heterocycles. The van der Waals surface area contributed by atoms with Crippen molar-refractivity contribution in [3.63, 3.8) is 0 Å². The molecular weight excluding hydrogens is 216 g/mol. The summed E-state index contributed by atoms with van der Waals surface area (Å²) in [5.74, 6) is 0.0266. The SMILES string of the molecule is C[C@@]1(CC=O)C[C@H]2O[C@@H]1C(=O)c1ccccc12. The molecule has 0 unspecified atom stereocenters. The largest absolute Gasteiger partial charge is 0.361 e. The Morgan fingerprint density at radius 1 is 1.47 bits per heavy atom. The fraction of sp³-hybridized carbons (Fsp3) is 0.429. The maximum absolute atomic E-state index is 12.3. The molecule has 0 saturated carbocycles. The van der Waals surface area contributed by atoms with Gasteiger partial charge in [0.2, 0.25) is 0 Å². The molecule has 3 atom stereocenters. The smallest absolute Gasteiger partial charge is 0.192 e. The third-order valence-corrected chi connectivity index (χ3v) is 3.95. The van der Waals surface area contributed by atoms with Crippen molar-refractivity contribution < 1.29 is 14.3 Å². The predicted molar refractivity (Wildman–Crippen MR) is 61.8 cm³/mol. The molecule has 17 heavy (non-hydrogen) atoms. The van der Waals surface area contributed by atoms with E-state index < -0.39 is 6.10 Å². The van der Waals surface area contributed by atoms with Gasteiger partial charge in [0.25, 0.3) is 0 Å². The molecule has 0 spiro atoms. The first-order chi connectivity index (χ1) is 8.15. The highest BCUT2D eigenvalue weighted by Crippen LogP contribution is 2.52. The standard InChI is InChI=1S/C14H14O3/c1-14(6-7-15)8-11-9-4-2-3-5-10(9)12(16)13(14)17-11/h2-5,7,11,13H,6,8H2,1H3/t11-,13-,14-/m1/s1. The average Bonchev–Trinajstić information content (AvgIpc) is 2.62. The predicted octanol–water partition coefficient (Wildman–Crippen LogP) is 2.31. The summed E-state index contributed by atoms with van der Waals surface area (Å²) in [6, 6.07) is 7.59. The third kappa shape index (κ3) is 1.39. The van der Waals surface area contributed by atoms with Crippen LogP contribution in [0.25, 0.3) is 0 Å². The van der Waals surface area contributed by atoms with Gasteiger partial charge in [0, 0.05) is 17.4 Å². The molecule has 3 nitrogen and oxygen atoms in total. The summed E-state index contributed by atoms with van der Waals surface area (Å²) in [5, 5.41) is 0. The van der Waals surface area contributed by atoms with Crippen molar-refractivity contribution in [3.05, 3.63) is 35.4 Å². The number of hydrogen-bond acceptors (Lipinski definition) is 3. The molecule has 88 valence electrons. The molecule has 0 aliphatic carbocycles. The van der Waals surface area contributed by atoms with Crippen LogP contribution in [0.3, 0.4) is 0 Å². The van der Waals surface area contributed by atoms with Crippen LogP contribution in [0.15, 0.2) is 24.3 Å². The minimum absolute atomic E-state index is 0.0266. The van der Waals surface area contributed by atoms with Crippen LogP contribution in [-0.2, 0) is 9.53 Å². The maximum atomic E-state index is 12.3. The van der Waals surface area contributed by atoms with Gasteiger partial charge in [0.05, 0.1) is 6.10 Å². The van der Waals surface area contributed by atoms with Gasteiger partial charge in [-0.25, -0.2) is 0 Å². The number of hydrogen-bond donors (Lipinski definition) is 0. The normalized spacial score (nSPS) is 34.5. The zero-order chi connectivity index (χ0) is 12.0. The van der Waals surface area contributed by atoms with Gasteiger partial charge >= 0.3 is 0 Å². The van der Waals surface area contributed by atoms with Crippen LogP contribution < -0.4 is 0 Å². The molecule has 1 aromatic carbocycles. The second-order valence-electron chi connectivity index (χ2n) is 5.19. The third-order valence-electron chi connectivity index (χ3n) is 3.95. The lowest BCUT2D eigenvalue weighted by Gasteiger charge is -2.27. The van der Waals surface area contributed by atoms with Crippen molar-refractivity contribution >= 4 is 12.1 Å². The van der Waals surface area contributed by atoms with Gasteiger partial charge in [-0.3, -0.25) is 4.79 Å². The summed E-state index contributed by atoms with van der Waals surface area (Å²) in [5.41, 5.74) is 1.40. The Morgan fingerprint density at radius 3 is 3.00 bits per heavy atom. The second-order valence-corrected chi connectivity index (χ2v) is 5.19. The Balaban J connectivity index is 2.08. The Bertz CT molecular complexity index is 494. The first-order valence-electron chi connectivity index (χ1n) is 5.88. The van der Waals surface area contributed by atoms with Crippen molar-refractivity contribution in [2.75, 3.05) is 0 Å². The van der Waals surface area contributed by atoms with E-state index in [2.05, 4.69) is 0 Å². The summed E-state index contributed by atoms with van der Waals surface area (Å²) >= 11 is 0. The van der Waals surface area contributed by atoms with E-state index in [0.29, 0.717) is 6.42 Å². The van der Waals surface area contributed by atoms with Crippen molar-refractivity contribution in [3.8, 4) is 0 Å². The van der Waals surface area contributed by atoms with Crippen LogP contribution in [0.1, 0.15) is 41.8 Å². The Kier molecular flexibility index (Phi) is 2.20. The number of aldehydes is 1. The lowest BCUT2D eigenvalue weighted by molar-refractivity contribution is -0.110. The highest BCUT2D eigenvalue weighted by Gasteiger charge is 2.52. The quantitative estimate of drug-likeness (QED) is 0.732. The molecule has 0 N–H and O–H groups in total. The van der Waals surface area contributed by atoms with Gasteiger partial charge in [-0.05, 0) is 12.0 Å². The summed E-state index contributed by atoms with van der Waals surface area (Å²) in [4.78, 5) is 23.1. The Labute approximate surface area is 99.8 Å². The Morgan fingerprint density at radius 2 is 2.24 bits per heavy atom. The second kappa shape index (κ2) is 3.50. The van der Waals surface area contributed by atoms with Crippen molar-refractivity contribution in [1.82, 2.24) is 0 Å². The number of Topliss-reactive ketones (excluding diaryl/α,β-unsaturated/α-hetero) is 1. The lowest BCUT2D eigenvalue weighted by Crippen LogP contribution is -2.36. The van der Waals surface area contributed by atoms with Crippen LogP contribution in [0, 0.1) is 5.41 Å². The van der Waals surface area contributed by atoms with Crippen LogP contribution in [0.2, 0.25) is 0 Å². The van der Waals surface area contributed by atoms with E-state index in [9.17, 15) is 9.59 Å². The molecular formula is C14H14O3. The Hall–Kier alpha value is -1.48. The van der Waals surface area contributed by atoms with Gasteiger partial charge in [0.15, 0.2) is 5.78 Å². The molecule has 1 fully saturated rings. The van der Waals surface area contributed by atoms with E-state index in [1.54, 1.807) is 0 Å². The topological polar surface area (TPSA) is 43.4 Å². The zero-order valence-electron chi connectivity index (χ0n) is 9.68. The first-order valence-corrected chi connectivity index (χ1v) is 5.88. The highest BCUT2D eigenvalue weighted by molar-refractivity contribution is 6.03. The molecule has 0 aromatic heterocycles. The molecule has 2 aliphatic heterocycles. The number of ether oxygens (including phenoxy) is 1. The fourth-order valence-corrected chi connectivity index (χ4v) is 2.99. The molecule has 3 rings (SSSR count). The number of fused-ring (bicyclic) bond motifs is 4. The summed E-state index contributed by atoms with van der Waals surface area (Å²) in [7, 11) is 0. The van der Waals surface area contributed by atoms with Crippen LogP contribution in [-0.4, -0.2) is 18.2 Å². The summed E-state index contributed by atoms with van der Waals surface area (Å²) in [6.07, 6.45) is 1.54. The van der Waals surface area contributed by atoms with Gasteiger partial charge in [0.1, 0.15) is 12.4 Å². The van der Waals surface area contributed by atoms with E-state index in [1.807, 2.05) is 31.2 Å². The van der Waals surface area contributed by atoms with Gasteiger partial charge in [-0.2, -0.15) is 0 Å². The minimum atomic E-state index is -0.451. The van der Waals surface area contributed by atoms with Crippen LogP contribution in [0.5, 0.6) is 0 Å². The number of carbonyl (C=O) groups excluding carboxylic acids is 2. The first kappa shape index (κ1) is 10.7. The molecule has 1 saturated heterocycles. The molecule has 0 amide bonds. The van der Waals surface area contributed by atoms with Gasteiger partial charge < -0.3 is 9.53 Å². The van der Waals surface area contributed by atoms with E-state index in [0.717, 1.165) is 23.8 Å². The number of ketones is 1. The number of rotatable bonds is 2. The van der Waals surface area contributed by atoms with Crippen molar-refractivity contribution in [2.24, 2.45) is 5.41 Å². The van der Waals surface area contributed by atoms with E-state index in [4.69, 9.17) is 4.74 Å². The lowest BCUT2D eigenvalue weighted by atomic mass is 9.78. The summed E-state index contributed by atoms with van der Waals surface area (Å²) in [6.45, 7) is 1.97. The highest BCUT2D eigenvalue weighted by atomic mass is 16.5. The monoisotopic (exact) mass is 230 g/mol. The van der Waals surface area contributed by atoms with E-state index in [1.165, 1.54) is 0 Å². The fourth-order valence-electron chi connectivity index (χ4n) is 2.99. The molecule has 1 aromatic rings. The van der Waals surface area contributed by atoms with Crippen LogP contribution >= 0.6 is 0 Å². The maximum Gasteiger partial charge on any atom is 0.192 e. The molecule has 0 radical (unpaired) electrons. The van der Waals surface area contributed by atoms with E-state index in [-0.39, 0.29) is 17.3 Å². The summed E-state index contributed by atoms with van der Waals surface area (Å²) < 4.78 is 5.80. The zero-order valence-corrected chi connectivity index (χ0v) is 9.68. The van der Waals surface area contributed by atoms with Gasteiger partial charge in [-0.1, -0.05) is 31.2 Å². The van der Waals surface area contributed by atoms with Gasteiger partial charge in [-0.15, -0.1) is 0 Å².